The molecule has 1 saturated heterocycles. The standard InChI is InChI=1S/C17H32N2O/c1-2-11-17-14-9-6-10-15-18(19(17)20)16-12-7-4-3-5-8-13-16/h2,16-17,20H,1,3-15H2. The van der Waals surface area contributed by atoms with Crippen molar-refractivity contribution in [3.05, 3.63) is 12.7 Å². The van der Waals surface area contributed by atoms with Crippen LogP contribution < -0.4 is 0 Å². The summed E-state index contributed by atoms with van der Waals surface area (Å²) < 4.78 is 0. The zero-order valence-corrected chi connectivity index (χ0v) is 13.0. The van der Waals surface area contributed by atoms with E-state index in [0.717, 1.165) is 19.4 Å². The third-order valence-electron chi connectivity index (χ3n) is 4.95. The van der Waals surface area contributed by atoms with Gasteiger partial charge >= 0.3 is 0 Å². The molecule has 2 fully saturated rings. The highest BCUT2D eigenvalue weighted by Gasteiger charge is 2.29. The summed E-state index contributed by atoms with van der Waals surface area (Å²) in [6, 6.07) is 0.781. The number of hydrogen-bond acceptors (Lipinski definition) is 3. The number of hydrazine groups is 1. The first-order valence-electron chi connectivity index (χ1n) is 8.68. The lowest BCUT2D eigenvalue weighted by Crippen LogP contribution is -2.52. The molecule has 1 heterocycles. The molecule has 1 atom stereocenters. The van der Waals surface area contributed by atoms with Crippen molar-refractivity contribution < 1.29 is 5.21 Å². The van der Waals surface area contributed by atoms with E-state index in [1.54, 1.807) is 5.17 Å². The van der Waals surface area contributed by atoms with Gasteiger partial charge in [0.2, 0.25) is 0 Å². The third-order valence-corrected chi connectivity index (χ3v) is 4.95. The minimum absolute atomic E-state index is 0.234. The molecule has 0 bridgehead atoms. The van der Waals surface area contributed by atoms with Crippen LogP contribution in [0.1, 0.15) is 77.0 Å². The van der Waals surface area contributed by atoms with Crippen LogP contribution in [0.4, 0.5) is 0 Å². The summed E-state index contributed by atoms with van der Waals surface area (Å²) in [5.41, 5.74) is 0. The Labute approximate surface area is 124 Å². The van der Waals surface area contributed by atoms with Gasteiger partial charge in [0.1, 0.15) is 0 Å². The van der Waals surface area contributed by atoms with Crippen LogP contribution in [0.3, 0.4) is 0 Å². The molecule has 0 aromatic carbocycles. The Morgan fingerprint density at radius 2 is 1.50 bits per heavy atom. The van der Waals surface area contributed by atoms with Gasteiger partial charge in [-0.2, -0.15) is 0 Å². The molecule has 3 nitrogen and oxygen atoms in total. The Hall–Kier alpha value is -0.380. The highest BCUT2D eigenvalue weighted by atomic mass is 16.6. The zero-order valence-electron chi connectivity index (χ0n) is 13.0. The van der Waals surface area contributed by atoms with Gasteiger partial charge in [0.05, 0.1) is 6.04 Å². The average Bonchev–Trinajstić information content (AvgIpc) is 2.40. The fourth-order valence-corrected chi connectivity index (χ4v) is 3.75. The van der Waals surface area contributed by atoms with Gasteiger partial charge in [-0.25, -0.2) is 5.01 Å². The van der Waals surface area contributed by atoms with E-state index in [-0.39, 0.29) is 6.04 Å². The molecule has 0 radical (unpaired) electrons. The molecule has 1 unspecified atom stereocenters. The molecule has 3 heteroatoms. The number of rotatable bonds is 3. The first-order valence-corrected chi connectivity index (χ1v) is 8.68. The summed E-state index contributed by atoms with van der Waals surface area (Å²) in [5.74, 6) is 0. The molecule has 0 aromatic heterocycles. The first-order chi connectivity index (χ1) is 9.83. The lowest BCUT2D eigenvalue weighted by Gasteiger charge is -2.42. The van der Waals surface area contributed by atoms with E-state index in [0.29, 0.717) is 6.04 Å². The van der Waals surface area contributed by atoms with Crippen molar-refractivity contribution in [3.8, 4) is 0 Å². The van der Waals surface area contributed by atoms with Crippen molar-refractivity contribution in [2.24, 2.45) is 0 Å². The normalized spacial score (nSPS) is 29.1. The second-order valence-electron chi connectivity index (χ2n) is 6.51. The van der Waals surface area contributed by atoms with Crippen LogP contribution in [0.5, 0.6) is 0 Å². The van der Waals surface area contributed by atoms with Crippen LogP contribution in [0.15, 0.2) is 12.7 Å². The van der Waals surface area contributed by atoms with Crippen molar-refractivity contribution in [1.29, 1.82) is 0 Å². The van der Waals surface area contributed by atoms with Crippen molar-refractivity contribution in [2.45, 2.75) is 89.1 Å². The summed E-state index contributed by atoms with van der Waals surface area (Å²) >= 11 is 0. The highest BCUT2D eigenvalue weighted by Crippen LogP contribution is 2.26. The predicted octanol–water partition coefficient (Wildman–Crippen LogP) is 4.53. The number of hydroxylamine groups is 1. The maximum absolute atomic E-state index is 10.7. The predicted molar refractivity (Wildman–Crippen MR) is 83.5 cm³/mol. The first kappa shape index (κ1) is 16.0. The van der Waals surface area contributed by atoms with Gasteiger partial charge in [-0.3, -0.25) is 5.21 Å². The van der Waals surface area contributed by atoms with Crippen molar-refractivity contribution in [3.63, 3.8) is 0 Å². The fraction of sp³-hybridized carbons (Fsp3) is 0.882. The topological polar surface area (TPSA) is 26.7 Å². The lowest BCUT2D eigenvalue weighted by molar-refractivity contribution is -0.291. The summed E-state index contributed by atoms with van der Waals surface area (Å²) in [7, 11) is 0. The van der Waals surface area contributed by atoms with Crippen LogP contribution in [0.2, 0.25) is 0 Å². The lowest BCUT2D eigenvalue weighted by atomic mass is 9.95. The van der Waals surface area contributed by atoms with E-state index < -0.39 is 0 Å². The van der Waals surface area contributed by atoms with E-state index in [1.165, 1.54) is 64.2 Å². The summed E-state index contributed by atoms with van der Waals surface area (Å²) in [6.07, 6.45) is 16.9. The van der Waals surface area contributed by atoms with Gasteiger partial charge in [0.25, 0.3) is 0 Å². The van der Waals surface area contributed by atoms with Gasteiger partial charge < -0.3 is 0 Å². The molecule has 0 amide bonds. The SMILES string of the molecule is C=CCC1CCCCCN(C2CCCCCCC2)N1O. The fourth-order valence-electron chi connectivity index (χ4n) is 3.75. The molecule has 1 aliphatic heterocycles. The molecule has 116 valence electrons. The van der Waals surface area contributed by atoms with Gasteiger partial charge in [-0.05, 0) is 32.1 Å². The second-order valence-corrected chi connectivity index (χ2v) is 6.51. The van der Waals surface area contributed by atoms with Crippen LogP contribution in [-0.2, 0) is 0 Å². The average molecular weight is 280 g/mol. The Kier molecular flexibility index (Phi) is 7.05. The summed E-state index contributed by atoms with van der Waals surface area (Å²) in [4.78, 5) is 0. The Balaban J connectivity index is 2.01. The maximum atomic E-state index is 10.7. The molecule has 0 spiro atoms. The quantitative estimate of drug-likeness (QED) is 0.770. The maximum Gasteiger partial charge on any atom is 0.0547 e. The molecule has 2 rings (SSSR count). The number of nitrogens with zero attached hydrogens (tertiary/aromatic N) is 2. The highest BCUT2D eigenvalue weighted by molar-refractivity contribution is 4.81. The van der Waals surface area contributed by atoms with Crippen molar-refractivity contribution in [2.75, 3.05) is 6.54 Å². The molecule has 1 N–H and O–H groups in total. The van der Waals surface area contributed by atoms with Crippen LogP contribution in [0.25, 0.3) is 0 Å². The van der Waals surface area contributed by atoms with Crippen molar-refractivity contribution >= 4 is 0 Å². The molecule has 2 aliphatic rings. The smallest absolute Gasteiger partial charge is 0.0547 e. The molecular formula is C17H32N2O. The van der Waals surface area contributed by atoms with E-state index in [9.17, 15) is 5.21 Å². The van der Waals surface area contributed by atoms with Crippen LogP contribution in [-0.4, -0.2) is 34.0 Å². The minimum atomic E-state index is 0.234. The molecule has 0 aromatic rings. The second kappa shape index (κ2) is 8.81. The third kappa shape index (κ3) is 4.57. The largest absolute Gasteiger partial charge is 0.299 e. The van der Waals surface area contributed by atoms with Crippen LogP contribution in [0, 0.1) is 0 Å². The molecule has 20 heavy (non-hydrogen) atoms. The van der Waals surface area contributed by atoms with E-state index in [4.69, 9.17) is 0 Å². The van der Waals surface area contributed by atoms with Gasteiger partial charge in [-0.1, -0.05) is 51.0 Å². The summed E-state index contributed by atoms with van der Waals surface area (Å²) in [5, 5.41) is 14.6. The molecule has 1 aliphatic carbocycles. The van der Waals surface area contributed by atoms with Gasteiger partial charge in [0.15, 0.2) is 0 Å². The zero-order chi connectivity index (χ0) is 14.2. The Bertz CT molecular complexity index is 274. The molecule has 1 saturated carbocycles. The van der Waals surface area contributed by atoms with E-state index in [1.807, 2.05) is 6.08 Å². The van der Waals surface area contributed by atoms with E-state index in [2.05, 4.69) is 11.6 Å². The Morgan fingerprint density at radius 3 is 2.20 bits per heavy atom. The monoisotopic (exact) mass is 280 g/mol. The van der Waals surface area contributed by atoms with E-state index >= 15 is 0 Å². The van der Waals surface area contributed by atoms with Gasteiger partial charge in [-0.15, -0.1) is 11.8 Å². The summed E-state index contributed by atoms with van der Waals surface area (Å²) in [6.45, 7) is 4.87. The number of hydrogen-bond donors (Lipinski definition) is 1. The van der Waals surface area contributed by atoms with Crippen molar-refractivity contribution in [1.82, 2.24) is 10.2 Å². The van der Waals surface area contributed by atoms with Crippen LogP contribution >= 0.6 is 0 Å². The minimum Gasteiger partial charge on any atom is -0.299 e. The van der Waals surface area contributed by atoms with Gasteiger partial charge in [0, 0.05) is 12.6 Å². The Morgan fingerprint density at radius 1 is 0.900 bits per heavy atom. The molecular weight excluding hydrogens is 248 g/mol.